The van der Waals surface area contributed by atoms with Crippen molar-refractivity contribution < 1.29 is 4.79 Å². The van der Waals surface area contributed by atoms with E-state index in [1.165, 1.54) is 61.6 Å². The van der Waals surface area contributed by atoms with E-state index >= 15 is 0 Å². The highest BCUT2D eigenvalue weighted by atomic mass is 16.1. The summed E-state index contributed by atoms with van der Waals surface area (Å²) in [5, 5.41) is 6.70. The van der Waals surface area contributed by atoms with Gasteiger partial charge in [-0.15, -0.1) is 0 Å². The van der Waals surface area contributed by atoms with E-state index in [-0.39, 0.29) is 11.9 Å². The molecule has 2 N–H and O–H groups in total. The average Bonchev–Trinajstić information content (AvgIpc) is 3.59. The van der Waals surface area contributed by atoms with Gasteiger partial charge in [0.15, 0.2) is 0 Å². The maximum absolute atomic E-state index is 13.2. The Bertz CT molecular complexity index is 1000. The molecule has 0 atom stereocenters. The molecule has 6 nitrogen and oxygen atoms in total. The fourth-order valence-corrected chi connectivity index (χ4v) is 5.29. The Morgan fingerprint density at radius 2 is 1.82 bits per heavy atom. The van der Waals surface area contributed by atoms with Crippen LogP contribution >= 0.6 is 0 Å². The third-order valence-electron chi connectivity index (χ3n) is 8.06. The second-order valence-corrected chi connectivity index (χ2v) is 10.5. The molecule has 1 amide bonds. The highest BCUT2D eigenvalue weighted by Crippen LogP contribution is 2.53. The van der Waals surface area contributed by atoms with Crippen LogP contribution in [0.25, 0.3) is 0 Å². The molecule has 1 saturated heterocycles. The Labute approximate surface area is 197 Å². The minimum absolute atomic E-state index is 0.0633. The second-order valence-electron chi connectivity index (χ2n) is 10.5. The molecule has 0 radical (unpaired) electrons. The maximum atomic E-state index is 13.2. The molecule has 0 bridgehead atoms. The van der Waals surface area contributed by atoms with Crippen LogP contribution < -0.4 is 15.5 Å². The number of aromatic nitrogens is 2. The molecule has 2 saturated carbocycles. The average molecular weight is 448 g/mol. The van der Waals surface area contributed by atoms with Crippen LogP contribution in [-0.2, 0) is 6.54 Å². The second kappa shape index (κ2) is 9.32. The number of carbonyl (C=O) groups excluding carboxylic acids is 1. The van der Waals surface area contributed by atoms with E-state index in [1.54, 1.807) is 6.20 Å². The van der Waals surface area contributed by atoms with Crippen molar-refractivity contribution in [3.8, 4) is 0 Å². The monoisotopic (exact) mass is 447 g/mol. The SMILES string of the molecule is Cc1ccc(CNc2nc(N3CCC4(CC3)CC4)ncc2C(=O)NC2CCCCC2)cc1C. The Kier molecular flexibility index (Phi) is 6.26. The number of amides is 1. The van der Waals surface area contributed by atoms with Gasteiger partial charge in [-0.05, 0) is 74.5 Å². The van der Waals surface area contributed by atoms with Crippen molar-refractivity contribution in [1.82, 2.24) is 15.3 Å². The molecule has 1 aromatic carbocycles. The first-order valence-electron chi connectivity index (χ1n) is 12.7. The Hall–Kier alpha value is -2.63. The fraction of sp³-hybridized carbons (Fsp3) is 0.593. The lowest BCUT2D eigenvalue weighted by Crippen LogP contribution is -2.37. The number of benzene rings is 1. The van der Waals surface area contributed by atoms with Crippen molar-refractivity contribution in [2.75, 3.05) is 23.3 Å². The maximum Gasteiger partial charge on any atom is 0.256 e. The largest absolute Gasteiger partial charge is 0.365 e. The fourth-order valence-electron chi connectivity index (χ4n) is 5.29. The molecule has 5 rings (SSSR count). The van der Waals surface area contributed by atoms with Crippen molar-refractivity contribution >= 4 is 17.7 Å². The first-order chi connectivity index (χ1) is 16.0. The number of aryl methyl sites for hydroxylation is 2. The van der Waals surface area contributed by atoms with Crippen LogP contribution in [0.1, 0.15) is 84.8 Å². The van der Waals surface area contributed by atoms with Gasteiger partial charge in [-0.25, -0.2) is 4.98 Å². The number of carbonyl (C=O) groups is 1. The molecule has 2 aliphatic carbocycles. The van der Waals surface area contributed by atoms with Gasteiger partial charge in [0, 0.05) is 31.9 Å². The molecule has 6 heteroatoms. The molecule has 1 aliphatic heterocycles. The zero-order valence-corrected chi connectivity index (χ0v) is 20.1. The van der Waals surface area contributed by atoms with Crippen LogP contribution in [0, 0.1) is 19.3 Å². The third-order valence-corrected chi connectivity index (χ3v) is 8.06. The van der Waals surface area contributed by atoms with Crippen molar-refractivity contribution in [3.05, 3.63) is 46.6 Å². The van der Waals surface area contributed by atoms with Crippen LogP contribution in [0.4, 0.5) is 11.8 Å². The summed E-state index contributed by atoms with van der Waals surface area (Å²) >= 11 is 0. The first-order valence-corrected chi connectivity index (χ1v) is 12.7. The van der Waals surface area contributed by atoms with Gasteiger partial charge in [-0.3, -0.25) is 4.79 Å². The molecule has 3 aliphatic rings. The van der Waals surface area contributed by atoms with Gasteiger partial charge in [-0.2, -0.15) is 4.98 Å². The van der Waals surface area contributed by atoms with E-state index in [0.717, 1.165) is 31.9 Å². The van der Waals surface area contributed by atoms with Crippen LogP contribution in [0.3, 0.4) is 0 Å². The van der Waals surface area contributed by atoms with E-state index in [4.69, 9.17) is 4.98 Å². The van der Waals surface area contributed by atoms with Gasteiger partial charge >= 0.3 is 0 Å². The Balaban J connectivity index is 1.35. The Morgan fingerprint density at radius 3 is 2.52 bits per heavy atom. The predicted octanol–water partition coefficient (Wildman–Crippen LogP) is 5.15. The number of nitrogens with zero attached hydrogens (tertiary/aromatic N) is 3. The zero-order chi connectivity index (χ0) is 22.8. The number of nitrogens with one attached hydrogen (secondary N) is 2. The number of rotatable bonds is 6. The minimum Gasteiger partial charge on any atom is -0.365 e. The highest BCUT2D eigenvalue weighted by Gasteiger charge is 2.44. The van der Waals surface area contributed by atoms with E-state index in [1.807, 2.05) is 0 Å². The summed E-state index contributed by atoms with van der Waals surface area (Å²) in [5.74, 6) is 1.31. The molecule has 0 unspecified atom stereocenters. The highest BCUT2D eigenvalue weighted by molar-refractivity contribution is 5.98. The molecule has 33 heavy (non-hydrogen) atoms. The Morgan fingerprint density at radius 1 is 1.06 bits per heavy atom. The van der Waals surface area contributed by atoms with Gasteiger partial charge < -0.3 is 15.5 Å². The summed E-state index contributed by atoms with van der Waals surface area (Å²) in [5.41, 5.74) is 4.90. The van der Waals surface area contributed by atoms with Gasteiger partial charge in [0.05, 0.1) is 0 Å². The first kappa shape index (κ1) is 22.2. The standard InChI is InChI=1S/C27H37N5O/c1-19-8-9-21(16-20(19)2)17-28-24-23(25(33)30-22-6-4-3-5-7-22)18-29-26(31-24)32-14-12-27(10-11-27)13-15-32/h8-9,16,18,22H,3-7,10-15,17H2,1-2H3,(H,30,33)(H,28,29,31). The van der Waals surface area contributed by atoms with Crippen molar-refractivity contribution in [1.29, 1.82) is 0 Å². The lowest BCUT2D eigenvalue weighted by molar-refractivity contribution is 0.0928. The number of hydrogen-bond acceptors (Lipinski definition) is 5. The normalized spacial score (nSPS) is 20.0. The van der Waals surface area contributed by atoms with Crippen LogP contribution in [0.5, 0.6) is 0 Å². The molecule has 176 valence electrons. The van der Waals surface area contributed by atoms with Gasteiger partial charge in [0.25, 0.3) is 5.91 Å². The molecule has 2 heterocycles. The van der Waals surface area contributed by atoms with Gasteiger partial charge in [-0.1, -0.05) is 37.5 Å². The zero-order valence-electron chi connectivity index (χ0n) is 20.1. The van der Waals surface area contributed by atoms with E-state index in [2.05, 4.69) is 52.6 Å². The molecule has 1 aromatic heterocycles. The van der Waals surface area contributed by atoms with Crippen molar-refractivity contribution in [2.24, 2.45) is 5.41 Å². The van der Waals surface area contributed by atoms with Crippen LogP contribution in [0.15, 0.2) is 24.4 Å². The molecular weight excluding hydrogens is 410 g/mol. The van der Waals surface area contributed by atoms with Crippen LogP contribution in [-0.4, -0.2) is 35.0 Å². The molecular formula is C27H37N5O. The molecule has 1 spiro atoms. The number of piperidine rings is 1. The summed E-state index contributed by atoms with van der Waals surface area (Å²) in [4.78, 5) is 25.0. The predicted molar refractivity (Wildman–Crippen MR) is 133 cm³/mol. The summed E-state index contributed by atoms with van der Waals surface area (Å²) in [6, 6.07) is 6.75. The summed E-state index contributed by atoms with van der Waals surface area (Å²) in [6.45, 7) is 6.90. The van der Waals surface area contributed by atoms with Gasteiger partial charge in [0.2, 0.25) is 5.95 Å². The summed E-state index contributed by atoms with van der Waals surface area (Å²) < 4.78 is 0. The van der Waals surface area contributed by atoms with Crippen molar-refractivity contribution in [2.45, 2.75) is 84.2 Å². The number of anilines is 2. The van der Waals surface area contributed by atoms with E-state index in [0.29, 0.717) is 23.3 Å². The van der Waals surface area contributed by atoms with Gasteiger partial charge in [0.1, 0.15) is 11.4 Å². The van der Waals surface area contributed by atoms with E-state index < -0.39 is 0 Å². The minimum atomic E-state index is -0.0633. The lowest BCUT2D eigenvalue weighted by atomic mass is 9.94. The van der Waals surface area contributed by atoms with Crippen molar-refractivity contribution in [3.63, 3.8) is 0 Å². The lowest BCUT2D eigenvalue weighted by Gasteiger charge is -2.32. The summed E-state index contributed by atoms with van der Waals surface area (Å²) in [6.07, 6.45) is 12.7. The van der Waals surface area contributed by atoms with Crippen LogP contribution in [0.2, 0.25) is 0 Å². The molecule has 2 aromatic rings. The topological polar surface area (TPSA) is 70.2 Å². The van der Waals surface area contributed by atoms with E-state index in [9.17, 15) is 4.79 Å². The number of hydrogen-bond donors (Lipinski definition) is 2. The quantitative estimate of drug-likeness (QED) is 0.641. The third kappa shape index (κ3) is 5.15. The molecule has 3 fully saturated rings. The smallest absolute Gasteiger partial charge is 0.256 e. The summed E-state index contributed by atoms with van der Waals surface area (Å²) in [7, 11) is 0.